The van der Waals surface area contributed by atoms with Gasteiger partial charge in [-0.15, -0.1) is 0 Å². The van der Waals surface area contributed by atoms with Crippen LogP contribution in [-0.2, 0) is 9.59 Å². The third kappa shape index (κ3) is 7.67. The van der Waals surface area contributed by atoms with Gasteiger partial charge in [0.25, 0.3) is 0 Å². The molecule has 4 heteroatoms. The van der Waals surface area contributed by atoms with E-state index in [1.54, 1.807) is 0 Å². The molecule has 0 saturated heterocycles. The summed E-state index contributed by atoms with van der Waals surface area (Å²) in [4.78, 5) is 23.8. The lowest BCUT2D eigenvalue weighted by Gasteiger charge is -2.30. The lowest BCUT2D eigenvalue weighted by molar-refractivity contribution is -0.151. The molecule has 0 aromatic heterocycles. The number of unbranched alkanes of at least 4 members (excludes halogenated alkanes) is 3. The van der Waals surface area contributed by atoms with Crippen LogP contribution >= 0.6 is 0 Å². The zero-order valence-electron chi connectivity index (χ0n) is 17.6. The molecule has 0 aromatic carbocycles. The molecule has 0 aliphatic carbocycles. The standard InChI is InChI=1S/C22H42O4/c1-5-9-16-22(15-8-4,20(25)26)18-12-10-11-17-21(13-6-2,14-7-3)19(23)24/h5-18H2,1-4H3,(H,23,24)(H,25,26). The minimum Gasteiger partial charge on any atom is -0.481 e. The van der Waals surface area contributed by atoms with Crippen molar-refractivity contribution >= 4 is 11.9 Å². The van der Waals surface area contributed by atoms with E-state index in [1.165, 1.54) is 0 Å². The van der Waals surface area contributed by atoms with Gasteiger partial charge in [0.15, 0.2) is 0 Å². The minimum atomic E-state index is -0.657. The number of carboxylic acids is 2. The second kappa shape index (κ2) is 13.2. The Labute approximate surface area is 160 Å². The molecule has 2 N–H and O–H groups in total. The number of rotatable bonds is 17. The highest BCUT2D eigenvalue weighted by molar-refractivity contribution is 5.75. The van der Waals surface area contributed by atoms with Gasteiger partial charge in [0.1, 0.15) is 0 Å². The van der Waals surface area contributed by atoms with Crippen LogP contribution < -0.4 is 0 Å². The lowest BCUT2D eigenvalue weighted by Crippen LogP contribution is -2.32. The van der Waals surface area contributed by atoms with Gasteiger partial charge in [-0.1, -0.05) is 79.1 Å². The first-order valence-corrected chi connectivity index (χ1v) is 10.8. The molecule has 1 atom stereocenters. The summed E-state index contributed by atoms with van der Waals surface area (Å²) in [6.07, 6.45) is 11.8. The fourth-order valence-electron chi connectivity index (χ4n) is 4.45. The largest absolute Gasteiger partial charge is 0.481 e. The van der Waals surface area contributed by atoms with E-state index in [2.05, 4.69) is 13.8 Å². The smallest absolute Gasteiger partial charge is 0.309 e. The van der Waals surface area contributed by atoms with Gasteiger partial charge >= 0.3 is 11.9 Å². The molecule has 0 amide bonds. The Morgan fingerprint density at radius 1 is 0.538 bits per heavy atom. The van der Waals surface area contributed by atoms with E-state index < -0.39 is 22.8 Å². The fourth-order valence-corrected chi connectivity index (χ4v) is 4.45. The Morgan fingerprint density at radius 2 is 0.885 bits per heavy atom. The molecule has 154 valence electrons. The first-order valence-electron chi connectivity index (χ1n) is 10.8. The molecule has 0 saturated carbocycles. The number of hydrogen-bond acceptors (Lipinski definition) is 2. The van der Waals surface area contributed by atoms with Gasteiger partial charge in [-0.3, -0.25) is 9.59 Å². The molecule has 0 aromatic rings. The van der Waals surface area contributed by atoms with Gasteiger partial charge < -0.3 is 10.2 Å². The molecular formula is C22H42O4. The van der Waals surface area contributed by atoms with Gasteiger partial charge in [0, 0.05) is 0 Å². The van der Waals surface area contributed by atoms with Crippen molar-refractivity contribution in [2.45, 2.75) is 118 Å². The molecule has 4 nitrogen and oxygen atoms in total. The fraction of sp³-hybridized carbons (Fsp3) is 0.909. The second-order valence-corrected chi connectivity index (χ2v) is 8.09. The van der Waals surface area contributed by atoms with E-state index in [9.17, 15) is 19.8 Å². The summed E-state index contributed by atoms with van der Waals surface area (Å²) >= 11 is 0. The summed E-state index contributed by atoms with van der Waals surface area (Å²) in [7, 11) is 0. The molecule has 0 spiro atoms. The van der Waals surface area contributed by atoms with Crippen LogP contribution in [0.2, 0.25) is 0 Å². The second-order valence-electron chi connectivity index (χ2n) is 8.09. The first kappa shape index (κ1) is 24.9. The normalized spacial score (nSPS) is 14.2. The zero-order chi connectivity index (χ0) is 20.1. The van der Waals surface area contributed by atoms with Crippen LogP contribution in [0.5, 0.6) is 0 Å². The van der Waals surface area contributed by atoms with Crippen LogP contribution in [-0.4, -0.2) is 22.2 Å². The molecule has 0 aliphatic rings. The monoisotopic (exact) mass is 370 g/mol. The molecule has 0 aliphatic heterocycles. The Kier molecular flexibility index (Phi) is 12.6. The van der Waals surface area contributed by atoms with E-state index >= 15 is 0 Å². The summed E-state index contributed by atoms with van der Waals surface area (Å²) in [6.45, 7) is 8.26. The zero-order valence-corrected chi connectivity index (χ0v) is 17.6. The molecular weight excluding hydrogens is 328 g/mol. The van der Waals surface area contributed by atoms with Gasteiger partial charge in [-0.25, -0.2) is 0 Å². The predicted molar refractivity (Wildman–Crippen MR) is 107 cm³/mol. The maximum Gasteiger partial charge on any atom is 0.309 e. The third-order valence-corrected chi connectivity index (χ3v) is 5.91. The SMILES string of the molecule is CCCCC(CCC)(CCCCCC(CCC)(CCC)C(=O)O)C(=O)O. The Balaban J connectivity index is 4.70. The van der Waals surface area contributed by atoms with Gasteiger partial charge in [-0.2, -0.15) is 0 Å². The third-order valence-electron chi connectivity index (χ3n) is 5.91. The quantitative estimate of drug-likeness (QED) is 0.280. The van der Waals surface area contributed by atoms with Gasteiger partial charge in [0.2, 0.25) is 0 Å². The Morgan fingerprint density at radius 3 is 1.19 bits per heavy atom. The molecule has 0 radical (unpaired) electrons. The van der Waals surface area contributed by atoms with Crippen LogP contribution in [0.25, 0.3) is 0 Å². The summed E-state index contributed by atoms with van der Waals surface area (Å²) in [5, 5.41) is 19.5. The summed E-state index contributed by atoms with van der Waals surface area (Å²) in [6, 6.07) is 0. The molecule has 0 fully saturated rings. The van der Waals surface area contributed by atoms with Crippen molar-refractivity contribution in [3.05, 3.63) is 0 Å². The predicted octanol–water partition coefficient (Wildman–Crippen LogP) is 6.67. The van der Waals surface area contributed by atoms with E-state index in [4.69, 9.17) is 0 Å². The number of aliphatic carboxylic acids is 2. The molecule has 0 bridgehead atoms. The number of carboxylic acid groups (broad SMARTS) is 2. The number of carbonyl (C=O) groups is 2. The van der Waals surface area contributed by atoms with E-state index in [0.717, 1.165) is 83.5 Å². The van der Waals surface area contributed by atoms with Crippen molar-refractivity contribution in [3.63, 3.8) is 0 Å². The highest BCUT2D eigenvalue weighted by Crippen LogP contribution is 2.39. The van der Waals surface area contributed by atoms with Crippen LogP contribution in [0.4, 0.5) is 0 Å². The average molecular weight is 371 g/mol. The maximum atomic E-state index is 11.9. The van der Waals surface area contributed by atoms with E-state index in [0.29, 0.717) is 6.42 Å². The topological polar surface area (TPSA) is 74.6 Å². The lowest BCUT2D eigenvalue weighted by atomic mass is 9.73. The van der Waals surface area contributed by atoms with Crippen LogP contribution in [0.15, 0.2) is 0 Å². The molecule has 26 heavy (non-hydrogen) atoms. The average Bonchev–Trinajstić information content (AvgIpc) is 2.59. The highest BCUT2D eigenvalue weighted by Gasteiger charge is 2.37. The Hall–Kier alpha value is -1.06. The van der Waals surface area contributed by atoms with Crippen molar-refractivity contribution in [3.8, 4) is 0 Å². The molecule has 0 heterocycles. The minimum absolute atomic E-state index is 0.582. The van der Waals surface area contributed by atoms with Crippen LogP contribution in [0.3, 0.4) is 0 Å². The van der Waals surface area contributed by atoms with Crippen LogP contribution in [0.1, 0.15) is 118 Å². The van der Waals surface area contributed by atoms with Crippen molar-refractivity contribution in [1.29, 1.82) is 0 Å². The van der Waals surface area contributed by atoms with Crippen molar-refractivity contribution in [1.82, 2.24) is 0 Å². The van der Waals surface area contributed by atoms with Crippen LogP contribution in [0, 0.1) is 10.8 Å². The van der Waals surface area contributed by atoms with Gasteiger partial charge in [-0.05, 0) is 38.5 Å². The summed E-state index contributed by atoms with van der Waals surface area (Å²) in [5.74, 6) is -1.31. The molecule has 1 unspecified atom stereocenters. The van der Waals surface area contributed by atoms with Gasteiger partial charge in [0.05, 0.1) is 10.8 Å². The highest BCUT2D eigenvalue weighted by atomic mass is 16.4. The van der Waals surface area contributed by atoms with E-state index in [1.807, 2.05) is 13.8 Å². The van der Waals surface area contributed by atoms with E-state index in [-0.39, 0.29) is 0 Å². The van der Waals surface area contributed by atoms with Crippen molar-refractivity contribution < 1.29 is 19.8 Å². The van der Waals surface area contributed by atoms with Crippen molar-refractivity contribution in [2.75, 3.05) is 0 Å². The Bertz CT molecular complexity index is 399. The van der Waals surface area contributed by atoms with Crippen molar-refractivity contribution in [2.24, 2.45) is 10.8 Å². The maximum absolute atomic E-state index is 11.9. The summed E-state index contributed by atoms with van der Waals surface area (Å²) in [5.41, 5.74) is -1.17. The molecule has 0 rings (SSSR count). The first-order chi connectivity index (χ1) is 12.3. The summed E-state index contributed by atoms with van der Waals surface area (Å²) < 4.78 is 0. The number of hydrogen-bond donors (Lipinski definition) is 2.